The number of carbonyl (C=O) groups is 1. The van der Waals surface area contributed by atoms with Crippen LogP contribution in [0.5, 0.6) is 5.75 Å². The zero-order chi connectivity index (χ0) is 13.0. The molecule has 0 saturated heterocycles. The SMILES string of the molecule is CCOC(=O)c1cccc(-c2ccc(O)cc2)n1. The number of phenolic OH excluding ortho intramolecular Hbond substituents is 1. The molecule has 1 heterocycles. The van der Waals surface area contributed by atoms with Gasteiger partial charge in [0.25, 0.3) is 0 Å². The summed E-state index contributed by atoms with van der Waals surface area (Å²) < 4.78 is 4.90. The Morgan fingerprint density at radius 2 is 1.94 bits per heavy atom. The van der Waals surface area contributed by atoms with Crippen molar-refractivity contribution in [2.75, 3.05) is 6.61 Å². The summed E-state index contributed by atoms with van der Waals surface area (Å²) in [5.41, 5.74) is 1.78. The van der Waals surface area contributed by atoms with E-state index in [2.05, 4.69) is 4.98 Å². The van der Waals surface area contributed by atoms with Crippen LogP contribution in [0, 0.1) is 0 Å². The molecule has 4 nitrogen and oxygen atoms in total. The third-order valence-electron chi connectivity index (χ3n) is 2.40. The zero-order valence-electron chi connectivity index (χ0n) is 9.96. The number of pyridine rings is 1. The highest BCUT2D eigenvalue weighted by atomic mass is 16.5. The normalized spacial score (nSPS) is 10.1. The molecule has 0 aliphatic carbocycles. The van der Waals surface area contributed by atoms with Crippen LogP contribution in [0.15, 0.2) is 42.5 Å². The lowest BCUT2D eigenvalue weighted by Gasteiger charge is -2.04. The molecular weight excluding hydrogens is 230 g/mol. The molecule has 0 fully saturated rings. The Balaban J connectivity index is 2.32. The first-order valence-corrected chi connectivity index (χ1v) is 5.64. The van der Waals surface area contributed by atoms with Gasteiger partial charge in [0.05, 0.1) is 12.3 Å². The van der Waals surface area contributed by atoms with Gasteiger partial charge in [-0.05, 0) is 43.3 Å². The Morgan fingerprint density at radius 3 is 2.61 bits per heavy atom. The predicted octanol–water partition coefficient (Wildman–Crippen LogP) is 2.63. The van der Waals surface area contributed by atoms with Gasteiger partial charge in [-0.1, -0.05) is 6.07 Å². The van der Waals surface area contributed by atoms with Crippen molar-refractivity contribution in [3.8, 4) is 17.0 Å². The molecule has 0 aliphatic heterocycles. The second kappa shape index (κ2) is 5.31. The van der Waals surface area contributed by atoms with E-state index >= 15 is 0 Å². The molecule has 1 aromatic heterocycles. The summed E-state index contributed by atoms with van der Waals surface area (Å²) in [7, 11) is 0. The van der Waals surface area contributed by atoms with Crippen LogP contribution in [0.4, 0.5) is 0 Å². The molecule has 2 rings (SSSR count). The van der Waals surface area contributed by atoms with Crippen LogP contribution in [0.1, 0.15) is 17.4 Å². The first kappa shape index (κ1) is 12.1. The number of rotatable bonds is 3. The Labute approximate surface area is 105 Å². The van der Waals surface area contributed by atoms with Crippen molar-refractivity contribution in [3.63, 3.8) is 0 Å². The molecule has 0 spiro atoms. The molecule has 1 aromatic carbocycles. The molecule has 0 unspecified atom stereocenters. The minimum Gasteiger partial charge on any atom is -0.508 e. The van der Waals surface area contributed by atoms with E-state index in [1.165, 1.54) is 0 Å². The van der Waals surface area contributed by atoms with Crippen LogP contribution >= 0.6 is 0 Å². The van der Waals surface area contributed by atoms with E-state index < -0.39 is 5.97 Å². The molecule has 0 atom stereocenters. The van der Waals surface area contributed by atoms with Crippen molar-refractivity contribution >= 4 is 5.97 Å². The molecule has 0 bridgehead atoms. The van der Waals surface area contributed by atoms with Crippen molar-refractivity contribution in [1.29, 1.82) is 0 Å². The minimum absolute atomic E-state index is 0.195. The van der Waals surface area contributed by atoms with E-state index in [9.17, 15) is 9.90 Å². The van der Waals surface area contributed by atoms with E-state index in [-0.39, 0.29) is 11.4 Å². The first-order valence-electron chi connectivity index (χ1n) is 5.64. The van der Waals surface area contributed by atoms with Crippen LogP contribution in [-0.2, 0) is 4.74 Å². The Kier molecular flexibility index (Phi) is 3.57. The molecular formula is C14H13NO3. The highest BCUT2D eigenvalue weighted by molar-refractivity contribution is 5.87. The van der Waals surface area contributed by atoms with E-state index in [0.29, 0.717) is 12.3 Å². The van der Waals surface area contributed by atoms with Gasteiger partial charge in [0.15, 0.2) is 0 Å². The third-order valence-corrected chi connectivity index (χ3v) is 2.40. The van der Waals surface area contributed by atoms with E-state index in [4.69, 9.17) is 4.74 Å². The van der Waals surface area contributed by atoms with Gasteiger partial charge in [-0.25, -0.2) is 9.78 Å². The number of aromatic nitrogens is 1. The zero-order valence-corrected chi connectivity index (χ0v) is 9.96. The van der Waals surface area contributed by atoms with Gasteiger partial charge in [0.2, 0.25) is 0 Å². The van der Waals surface area contributed by atoms with E-state index in [0.717, 1.165) is 5.56 Å². The highest BCUT2D eigenvalue weighted by Gasteiger charge is 2.09. The average Bonchev–Trinajstić information content (AvgIpc) is 2.40. The number of nitrogens with zero attached hydrogens (tertiary/aromatic N) is 1. The van der Waals surface area contributed by atoms with Gasteiger partial charge in [-0.15, -0.1) is 0 Å². The fraction of sp³-hybridized carbons (Fsp3) is 0.143. The smallest absolute Gasteiger partial charge is 0.356 e. The van der Waals surface area contributed by atoms with Crippen molar-refractivity contribution in [2.45, 2.75) is 6.92 Å². The summed E-state index contributed by atoms with van der Waals surface area (Å²) in [6, 6.07) is 11.8. The monoisotopic (exact) mass is 243 g/mol. The van der Waals surface area contributed by atoms with Gasteiger partial charge in [0, 0.05) is 5.56 Å². The lowest BCUT2D eigenvalue weighted by molar-refractivity contribution is 0.0519. The van der Waals surface area contributed by atoms with Crippen LogP contribution in [-0.4, -0.2) is 22.7 Å². The number of esters is 1. The van der Waals surface area contributed by atoms with Crippen molar-refractivity contribution in [1.82, 2.24) is 4.98 Å². The van der Waals surface area contributed by atoms with Gasteiger partial charge < -0.3 is 9.84 Å². The van der Waals surface area contributed by atoms with Crippen molar-refractivity contribution in [3.05, 3.63) is 48.2 Å². The summed E-state index contributed by atoms with van der Waals surface area (Å²) in [6.45, 7) is 2.08. The van der Waals surface area contributed by atoms with Crippen LogP contribution in [0.2, 0.25) is 0 Å². The van der Waals surface area contributed by atoms with Gasteiger partial charge in [-0.3, -0.25) is 0 Å². The summed E-state index contributed by atoms with van der Waals surface area (Å²) in [5, 5.41) is 9.22. The highest BCUT2D eigenvalue weighted by Crippen LogP contribution is 2.20. The average molecular weight is 243 g/mol. The predicted molar refractivity (Wildman–Crippen MR) is 67.3 cm³/mol. The number of carbonyl (C=O) groups excluding carboxylic acids is 1. The Morgan fingerprint density at radius 1 is 1.22 bits per heavy atom. The second-order valence-corrected chi connectivity index (χ2v) is 3.68. The van der Waals surface area contributed by atoms with Gasteiger partial charge in [0.1, 0.15) is 11.4 Å². The molecule has 92 valence electrons. The Hall–Kier alpha value is -2.36. The molecule has 18 heavy (non-hydrogen) atoms. The summed E-state index contributed by atoms with van der Waals surface area (Å²) in [6.07, 6.45) is 0. The quantitative estimate of drug-likeness (QED) is 0.842. The largest absolute Gasteiger partial charge is 0.508 e. The topological polar surface area (TPSA) is 59.4 Å². The number of aromatic hydroxyl groups is 1. The second-order valence-electron chi connectivity index (χ2n) is 3.68. The van der Waals surface area contributed by atoms with Crippen LogP contribution in [0.25, 0.3) is 11.3 Å². The molecule has 0 aliphatic rings. The first-order chi connectivity index (χ1) is 8.70. The molecule has 0 radical (unpaired) electrons. The third kappa shape index (κ3) is 2.66. The lowest BCUT2D eigenvalue weighted by atomic mass is 10.1. The molecule has 2 aromatic rings. The fourth-order valence-electron chi connectivity index (χ4n) is 1.55. The molecule has 0 amide bonds. The summed E-state index contributed by atoms with van der Waals surface area (Å²) in [5.74, 6) is -0.238. The minimum atomic E-state index is -0.432. The summed E-state index contributed by atoms with van der Waals surface area (Å²) in [4.78, 5) is 15.8. The van der Waals surface area contributed by atoms with E-state index in [1.54, 1.807) is 49.4 Å². The number of ether oxygens (including phenoxy) is 1. The molecule has 4 heteroatoms. The maximum atomic E-state index is 11.6. The van der Waals surface area contributed by atoms with Crippen molar-refractivity contribution < 1.29 is 14.6 Å². The van der Waals surface area contributed by atoms with Crippen molar-refractivity contribution in [2.24, 2.45) is 0 Å². The Bertz CT molecular complexity index is 549. The number of hydrogen-bond acceptors (Lipinski definition) is 4. The lowest BCUT2D eigenvalue weighted by Crippen LogP contribution is -2.07. The van der Waals surface area contributed by atoms with Gasteiger partial charge in [-0.2, -0.15) is 0 Å². The molecule has 0 saturated carbocycles. The van der Waals surface area contributed by atoms with Crippen LogP contribution < -0.4 is 0 Å². The maximum Gasteiger partial charge on any atom is 0.356 e. The fourth-order valence-corrected chi connectivity index (χ4v) is 1.55. The van der Waals surface area contributed by atoms with Crippen LogP contribution in [0.3, 0.4) is 0 Å². The molecule has 1 N–H and O–H groups in total. The maximum absolute atomic E-state index is 11.6. The number of phenols is 1. The number of hydrogen-bond donors (Lipinski definition) is 1. The summed E-state index contributed by atoms with van der Waals surface area (Å²) >= 11 is 0. The number of benzene rings is 1. The standard InChI is InChI=1S/C14H13NO3/c1-2-18-14(17)13-5-3-4-12(15-13)10-6-8-11(16)9-7-10/h3-9,16H,2H2,1H3. The van der Waals surface area contributed by atoms with Gasteiger partial charge >= 0.3 is 5.97 Å². The van der Waals surface area contributed by atoms with E-state index in [1.807, 2.05) is 0 Å².